The molecule has 0 fully saturated rings. The minimum Gasteiger partial charge on any atom is -0.445 e. The van der Waals surface area contributed by atoms with Crippen LogP contribution in [0.5, 0.6) is 0 Å². The van der Waals surface area contributed by atoms with Crippen LogP contribution in [0.15, 0.2) is 30.3 Å². The number of aliphatic hydroxyl groups excluding tert-OH is 1. The van der Waals surface area contributed by atoms with Gasteiger partial charge in [0.2, 0.25) is 0 Å². The summed E-state index contributed by atoms with van der Waals surface area (Å²) in [6.45, 7) is -0.716. The van der Waals surface area contributed by atoms with E-state index < -0.39 is 18.9 Å². The smallest absolute Gasteiger partial charge is 0.407 e. The maximum atomic E-state index is 12.5. The highest BCUT2D eigenvalue weighted by Crippen LogP contribution is 2.00. The molecule has 4 nitrogen and oxygen atoms in total. The molecule has 0 unspecified atom stereocenters. The monoisotopic (exact) mass is 227 g/mol. The molecule has 0 saturated heterocycles. The number of hydrogen-bond donors (Lipinski definition) is 2. The fourth-order valence-corrected chi connectivity index (χ4v) is 1.03. The fraction of sp³-hybridized carbons (Fsp3) is 0.364. The van der Waals surface area contributed by atoms with Gasteiger partial charge in [0.1, 0.15) is 12.8 Å². The van der Waals surface area contributed by atoms with Crippen LogP contribution in [0, 0.1) is 0 Å². The summed E-state index contributed by atoms with van der Waals surface area (Å²) in [6.07, 6.45) is -2.15. The van der Waals surface area contributed by atoms with Gasteiger partial charge in [-0.05, 0) is 5.56 Å². The van der Waals surface area contributed by atoms with Gasteiger partial charge < -0.3 is 15.2 Å². The molecule has 0 spiro atoms. The Morgan fingerprint density at radius 3 is 2.75 bits per heavy atom. The average molecular weight is 227 g/mol. The van der Waals surface area contributed by atoms with Gasteiger partial charge in [-0.2, -0.15) is 0 Å². The molecule has 1 amide bonds. The fourth-order valence-electron chi connectivity index (χ4n) is 1.03. The summed E-state index contributed by atoms with van der Waals surface area (Å²) in [7, 11) is 0. The maximum Gasteiger partial charge on any atom is 0.407 e. The highest BCUT2D eigenvalue weighted by molar-refractivity contribution is 5.67. The summed E-state index contributed by atoms with van der Waals surface area (Å²) in [5, 5.41) is 10.6. The van der Waals surface area contributed by atoms with Crippen LogP contribution in [-0.4, -0.2) is 30.5 Å². The second kappa shape index (κ2) is 6.79. The number of nitrogens with one attached hydrogen (secondary N) is 1. The van der Waals surface area contributed by atoms with Gasteiger partial charge in [-0.1, -0.05) is 30.3 Å². The summed E-state index contributed by atoms with van der Waals surface area (Å²) < 4.78 is 17.4. The van der Waals surface area contributed by atoms with E-state index in [0.717, 1.165) is 5.56 Å². The number of benzene rings is 1. The second-order valence-electron chi connectivity index (χ2n) is 3.22. The van der Waals surface area contributed by atoms with Crippen molar-refractivity contribution in [3.63, 3.8) is 0 Å². The first-order valence-corrected chi connectivity index (χ1v) is 4.92. The number of amides is 1. The zero-order valence-electron chi connectivity index (χ0n) is 8.73. The van der Waals surface area contributed by atoms with Gasteiger partial charge in [0.25, 0.3) is 0 Å². The molecule has 1 aromatic carbocycles. The number of aliphatic hydroxyl groups is 1. The van der Waals surface area contributed by atoms with E-state index in [9.17, 15) is 9.18 Å². The molecule has 1 atom stereocenters. The number of ether oxygens (including phenoxy) is 1. The first-order valence-electron chi connectivity index (χ1n) is 4.92. The predicted molar refractivity (Wildman–Crippen MR) is 56.6 cm³/mol. The third-order valence-corrected chi connectivity index (χ3v) is 1.88. The van der Waals surface area contributed by atoms with E-state index in [4.69, 9.17) is 9.84 Å². The Kier molecular flexibility index (Phi) is 5.28. The van der Waals surface area contributed by atoms with Gasteiger partial charge in [-0.25, -0.2) is 9.18 Å². The van der Waals surface area contributed by atoms with Crippen molar-refractivity contribution in [2.24, 2.45) is 0 Å². The van der Waals surface area contributed by atoms with Gasteiger partial charge in [0.05, 0.1) is 13.2 Å². The highest BCUT2D eigenvalue weighted by atomic mass is 19.1. The molecule has 0 heterocycles. The second-order valence-corrected chi connectivity index (χ2v) is 3.22. The Balaban J connectivity index is 2.20. The van der Waals surface area contributed by atoms with E-state index >= 15 is 0 Å². The van der Waals surface area contributed by atoms with Crippen molar-refractivity contribution in [2.75, 3.05) is 13.2 Å². The van der Waals surface area contributed by atoms with E-state index in [1.54, 1.807) is 0 Å². The summed E-state index contributed by atoms with van der Waals surface area (Å²) >= 11 is 0. The van der Waals surface area contributed by atoms with E-state index in [0.29, 0.717) is 0 Å². The highest BCUT2D eigenvalue weighted by Gasteiger charge is 2.07. The van der Waals surface area contributed by atoms with Crippen LogP contribution in [0.4, 0.5) is 9.18 Å². The SMILES string of the molecule is O=C(NC[C@@H](F)CO)OCc1ccccc1. The molecule has 0 aliphatic rings. The number of halogens is 1. The normalized spacial score (nSPS) is 11.9. The van der Waals surface area contributed by atoms with Gasteiger partial charge in [-0.15, -0.1) is 0 Å². The number of carbonyl (C=O) groups is 1. The molecule has 0 saturated carbocycles. The lowest BCUT2D eigenvalue weighted by molar-refractivity contribution is 0.129. The van der Waals surface area contributed by atoms with Crippen LogP contribution < -0.4 is 5.32 Å². The molecular weight excluding hydrogens is 213 g/mol. The van der Waals surface area contributed by atoms with Crippen molar-refractivity contribution >= 4 is 6.09 Å². The number of alkyl carbamates (subject to hydrolysis) is 1. The molecule has 0 aliphatic heterocycles. The van der Waals surface area contributed by atoms with Crippen molar-refractivity contribution in [1.82, 2.24) is 5.32 Å². The van der Waals surface area contributed by atoms with Crippen LogP contribution in [-0.2, 0) is 11.3 Å². The van der Waals surface area contributed by atoms with E-state index in [-0.39, 0.29) is 13.2 Å². The van der Waals surface area contributed by atoms with Crippen LogP contribution in [0.1, 0.15) is 5.56 Å². The Morgan fingerprint density at radius 1 is 1.44 bits per heavy atom. The largest absolute Gasteiger partial charge is 0.445 e. The molecule has 0 radical (unpaired) electrons. The molecule has 0 aliphatic carbocycles. The van der Waals surface area contributed by atoms with Crippen LogP contribution in [0.25, 0.3) is 0 Å². The van der Waals surface area contributed by atoms with Crippen LogP contribution >= 0.6 is 0 Å². The standard InChI is InChI=1S/C11H14FNO3/c12-10(7-14)6-13-11(15)16-8-9-4-2-1-3-5-9/h1-5,10,14H,6-8H2,(H,13,15)/t10-/m1/s1. The molecule has 88 valence electrons. The quantitative estimate of drug-likeness (QED) is 0.795. The Hall–Kier alpha value is -1.62. The Bertz CT molecular complexity index is 318. The minimum atomic E-state index is -1.45. The maximum absolute atomic E-state index is 12.5. The third-order valence-electron chi connectivity index (χ3n) is 1.88. The van der Waals surface area contributed by atoms with Crippen molar-refractivity contribution in [1.29, 1.82) is 0 Å². The molecule has 0 aromatic heterocycles. The molecular formula is C11H14FNO3. The van der Waals surface area contributed by atoms with Crippen LogP contribution in [0.2, 0.25) is 0 Å². The number of hydrogen-bond acceptors (Lipinski definition) is 3. The number of rotatable bonds is 5. The predicted octanol–water partition coefficient (Wildman–Crippen LogP) is 1.24. The number of carbonyl (C=O) groups excluding carboxylic acids is 1. The van der Waals surface area contributed by atoms with Gasteiger partial charge >= 0.3 is 6.09 Å². The first kappa shape index (κ1) is 12.4. The lowest BCUT2D eigenvalue weighted by atomic mass is 10.2. The molecule has 5 heteroatoms. The van der Waals surface area contributed by atoms with Gasteiger partial charge in [-0.3, -0.25) is 0 Å². The Labute approximate surface area is 93.0 Å². The molecule has 0 bridgehead atoms. The molecule has 16 heavy (non-hydrogen) atoms. The lowest BCUT2D eigenvalue weighted by Gasteiger charge is -2.08. The zero-order chi connectivity index (χ0) is 11.8. The van der Waals surface area contributed by atoms with Gasteiger partial charge in [0.15, 0.2) is 0 Å². The first-order chi connectivity index (χ1) is 7.72. The van der Waals surface area contributed by atoms with Crippen molar-refractivity contribution < 1.29 is 19.0 Å². The minimum absolute atomic E-state index is 0.142. The Morgan fingerprint density at radius 2 is 2.12 bits per heavy atom. The van der Waals surface area contributed by atoms with E-state index in [1.807, 2.05) is 30.3 Å². The van der Waals surface area contributed by atoms with E-state index in [2.05, 4.69) is 5.32 Å². The molecule has 1 aromatic rings. The molecule has 1 rings (SSSR count). The third kappa shape index (κ3) is 4.75. The van der Waals surface area contributed by atoms with Crippen molar-refractivity contribution in [3.05, 3.63) is 35.9 Å². The van der Waals surface area contributed by atoms with Crippen molar-refractivity contribution in [3.8, 4) is 0 Å². The van der Waals surface area contributed by atoms with Crippen molar-refractivity contribution in [2.45, 2.75) is 12.8 Å². The average Bonchev–Trinajstić information content (AvgIpc) is 2.34. The zero-order valence-corrected chi connectivity index (χ0v) is 8.73. The van der Waals surface area contributed by atoms with E-state index in [1.165, 1.54) is 0 Å². The summed E-state index contributed by atoms with van der Waals surface area (Å²) in [5.74, 6) is 0. The summed E-state index contributed by atoms with van der Waals surface area (Å²) in [5.41, 5.74) is 0.858. The van der Waals surface area contributed by atoms with Gasteiger partial charge in [0, 0.05) is 0 Å². The summed E-state index contributed by atoms with van der Waals surface area (Å²) in [6, 6.07) is 9.16. The topological polar surface area (TPSA) is 58.6 Å². The molecule has 2 N–H and O–H groups in total. The van der Waals surface area contributed by atoms with Crippen LogP contribution in [0.3, 0.4) is 0 Å². The summed E-state index contributed by atoms with van der Waals surface area (Å²) in [4.78, 5) is 11.1. The lowest BCUT2D eigenvalue weighted by Crippen LogP contribution is -2.32. The number of alkyl halides is 1.